The fourth-order valence-corrected chi connectivity index (χ4v) is 1.15. The highest BCUT2D eigenvalue weighted by molar-refractivity contribution is 5.58. The summed E-state index contributed by atoms with van der Waals surface area (Å²) in [7, 11) is 0. The predicted molar refractivity (Wildman–Crippen MR) is 51.9 cm³/mol. The Kier molecular flexibility index (Phi) is 2.32. The highest BCUT2D eigenvalue weighted by Crippen LogP contribution is 2.19. The van der Waals surface area contributed by atoms with Crippen molar-refractivity contribution in [2.24, 2.45) is 0 Å². The highest BCUT2D eigenvalue weighted by Gasteiger charge is 2.07. The van der Waals surface area contributed by atoms with Gasteiger partial charge in [-0.2, -0.15) is 0 Å². The molecule has 74 valence electrons. The molecule has 1 heterocycles. The first-order valence-electron chi connectivity index (χ1n) is 4.14. The smallest absolute Gasteiger partial charge is 0.258 e. The average Bonchev–Trinajstić information content (AvgIpc) is 2.30. The lowest BCUT2D eigenvalue weighted by Crippen LogP contribution is -1.91. The quantitative estimate of drug-likeness (QED) is 0.543. The Balaban J connectivity index is 2.46. The van der Waals surface area contributed by atoms with E-state index in [1.807, 2.05) is 0 Å². The third-order valence-electron chi connectivity index (χ3n) is 1.81. The number of nitro benzene ring substituents is 1. The lowest BCUT2D eigenvalue weighted by molar-refractivity contribution is -0.384. The van der Waals surface area contributed by atoms with Gasteiger partial charge in [-0.25, -0.2) is 15.0 Å². The standard InChI is InChI=1S/C9H6N4O2/c14-13(15)8-3-1-2-7(4-8)9-11-5-10-6-12-9/h1-6H. The van der Waals surface area contributed by atoms with Crippen LogP contribution in [0.4, 0.5) is 5.69 Å². The van der Waals surface area contributed by atoms with Crippen molar-refractivity contribution in [2.75, 3.05) is 0 Å². The van der Waals surface area contributed by atoms with E-state index in [2.05, 4.69) is 15.0 Å². The Morgan fingerprint density at radius 1 is 1.20 bits per heavy atom. The monoisotopic (exact) mass is 202 g/mol. The van der Waals surface area contributed by atoms with Gasteiger partial charge in [-0.05, 0) is 0 Å². The van der Waals surface area contributed by atoms with Gasteiger partial charge >= 0.3 is 0 Å². The summed E-state index contributed by atoms with van der Waals surface area (Å²) in [5.74, 6) is 0.425. The molecule has 0 spiro atoms. The summed E-state index contributed by atoms with van der Waals surface area (Å²) in [6.07, 6.45) is 2.70. The van der Waals surface area contributed by atoms with Crippen LogP contribution in [0.25, 0.3) is 11.4 Å². The molecule has 2 aromatic rings. The van der Waals surface area contributed by atoms with Gasteiger partial charge in [0, 0.05) is 17.7 Å². The van der Waals surface area contributed by atoms with Crippen LogP contribution in [-0.4, -0.2) is 19.9 Å². The number of hydrogen-bond acceptors (Lipinski definition) is 5. The SMILES string of the molecule is O=[N+]([O-])c1cccc(-c2ncncn2)c1. The molecule has 1 aromatic carbocycles. The van der Waals surface area contributed by atoms with Crippen LogP contribution in [0.3, 0.4) is 0 Å². The molecular weight excluding hydrogens is 196 g/mol. The largest absolute Gasteiger partial charge is 0.270 e. The van der Waals surface area contributed by atoms with Gasteiger partial charge in [-0.1, -0.05) is 12.1 Å². The molecule has 0 radical (unpaired) electrons. The van der Waals surface area contributed by atoms with E-state index in [0.717, 1.165) is 0 Å². The molecule has 0 aliphatic heterocycles. The zero-order valence-corrected chi connectivity index (χ0v) is 7.57. The van der Waals surface area contributed by atoms with E-state index < -0.39 is 4.92 Å². The summed E-state index contributed by atoms with van der Waals surface area (Å²) >= 11 is 0. The van der Waals surface area contributed by atoms with E-state index in [4.69, 9.17) is 0 Å². The van der Waals surface area contributed by atoms with Crippen molar-refractivity contribution in [3.05, 3.63) is 47.0 Å². The van der Waals surface area contributed by atoms with Crippen LogP contribution >= 0.6 is 0 Å². The molecule has 0 N–H and O–H groups in total. The summed E-state index contributed by atoms with van der Waals surface area (Å²) in [4.78, 5) is 21.6. The van der Waals surface area contributed by atoms with E-state index in [1.54, 1.807) is 12.1 Å². The molecule has 0 saturated carbocycles. The Labute approximate surface area is 84.8 Å². The van der Waals surface area contributed by atoms with Crippen molar-refractivity contribution >= 4 is 5.69 Å². The summed E-state index contributed by atoms with van der Waals surface area (Å²) in [5, 5.41) is 10.5. The molecule has 2 rings (SSSR count). The van der Waals surface area contributed by atoms with Crippen LogP contribution in [0.1, 0.15) is 0 Å². The summed E-state index contributed by atoms with van der Waals surface area (Å²) in [5.41, 5.74) is 0.625. The second-order valence-corrected chi connectivity index (χ2v) is 2.77. The number of nitro groups is 1. The second-order valence-electron chi connectivity index (χ2n) is 2.77. The Bertz CT molecular complexity index is 486. The summed E-state index contributed by atoms with van der Waals surface area (Å²) in [6.45, 7) is 0. The van der Waals surface area contributed by atoms with Crippen molar-refractivity contribution < 1.29 is 4.92 Å². The van der Waals surface area contributed by atoms with Gasteiger partial charge < -0.3 is 0 Å². The number of hydrogen-bond donors (Lipinski definition) is 0. The second kappa shape index (κ2) is 3.79. The van der Waals surface area contributed by atoms with E-state index in [9.17, 15) is 10.1 Å². The van der Waals surface area contributed by atoms with E-state index in [1.165, 1.54) is 24.8 Å². The summed E-state index contributed by atoms with van der Waals surface area (Å²) in [6, 6.07) is 6.15. The zero-order valence-electron chi connectivity index (χ0n) is 7.57. The van der Waals surface area contributed by atoms with Crippen LogP contribution in [0.15, 0.2) is 36.9 Å². The van der Waals surface area contributed by atoms with Gasteiger partial charge in [0.05, 0.1) is 4.92 Å². The fourth-order valence-electron chi connectivity index (χ4n) is 1.15. The van der Waals surface area contributed by atoms with Gasteiger partial charge in [0.1, 0.15) is 12.7 Å². The van der Waals surface area contributed by atoms with Gasteiger partial charge in [0.15, 0.2) is 5.82 Å². The molecule has 0 bridgehead atoms. The first-order valence-corrected chi connectivity index (χ1v) is 4.14. The maximum atomic E-state index is 10.5. The molecule has 0 aliphatic carbocycles. The Morgan fingerprint density at radius 2 is 1.93 bits per heavy atom. The normalized spacial score (nSPS) is 9.87. The molecule has 0 fully saturated rings. The van der Waals surface area contributed by atoms with Crippen LogP contribution in [0, 0.1) is 10.1 Å². The molecule has 6 heteroatoms. The van der Waals surface area contributed by atoms with Crippen molar-refractivity contribution in [3.63, 3.8) is 0 Å². The molecule has 15 heavy (non-hydrogen) atoms. The van der Waals surface area contributed by atoms with E-state index in [0.29, 0.717) is 11.4 Å². The van der Waals surface area contributed by atoms with Gasteiger partial charge in [-0.3, -0.25) is 10.1 Å². The molecule has 6 nitrogen and oxygen atoms in total. The van der Waals surface area contributed by atoms with E-state index >= 15 is 0 Å². The minimum absolute atomic E-state index is 0.0212. The lowest BCUT2D eigenvalue weighted by Gasteiger charge is -1.97. The third kappa shape index (κ3) is 1.93. The summed E-state index contributed by atoms with van der Waals surface area (Å²) < 4.78 is 0. The first-order chi connectivity index (χ1) is 7.27. The topological polar surface area (TPSA) is 81.8 Å². The van der Waals surface area contributed by atoms with Crippen LogP contribution in [0.5, 0.6) is 0 Å². The van der Waals surface area contributed by atoms with Crippen molar-refractivity contribution in [1.29, 1.82) is 0 Å². The van der Waals surface area contributed by atoms with Crippen molar-refractivity contribution in [2.45, 2.75) is 0 Å². The molecule has 0 atom stereocenters. The van der Waals surface area contributed by atoms with Crippen LogP contribution in [0.2, 0.25) is 0 Å². The number of nitrogens with zero attached hydrogens (tertiary/aromatic N) is 4. The molecular formula is C9H6N4O2. The molecule has 0 aliphatic rings. The molecule has 1 aromatic heterocycles. The third-order valence-corrected chi connectivity index (χ3v) is 1.81. The van der Waals surface area contributed by atoms with Gasteiger partial charge in [0.2, 0.25) is 0 Å². The minimum Gasteiger partial charge on any atom is -0.258 e. The predicted octanol–water partition coefficient (Wildman–Crippen LogP) is 1.45. The Hall–Kier alpha value is -2.37. The number of rotatable bonds is 2. The van der Waals surface area contributed by atoms with E-state index in [-0.39, 0.29) is 5.69 Å². The number of non-ortho nitro benzene ring substituents is 1. The maximum Gasteiger partial charge on any atom is 0.270 e. The maximum absolute atomic E-state index is 10.5. The minimum atomic E-state index is -0.454. The number of aromatic nitrogens is 3. The van der Waals surface area contributed by atoms with Gasteiger partial charge in [0.25, 0.3) is 5.69 Å². The number of benzene rings is 1. The van der Waals surface area contributed by atoms with Crippen molar-refractivity contribution in [3.8, 4) is 11.4 Å². The first kappa shape index (κ1) is 9.20. The average molecular weight is 202 g/mol. The van der Waals surface area contributed by atoms with Gasteiger partial charge in [-0.15, -0.1) is 0 Å². The molecule has 0 amide bonds. The fraction of sp³-hybridized carbons (Fsp3) is 0. The van der Waals surface area contributed by atoms with Crippen molar-refractivity contribution in [1.82, 2.24) is 15.0 Å². The van der Waals surface area contributed by atoms with Crippen LogP contribution < -0.4 is 0 Å². The zero-order chi connectivity index (χ0) is 10.7. The molecule has 0 saturated heterocycles. The molecule has 0 unspecified atom stereocenters. The Morgan fingerprint density at radius 3 is 2.60 bits per heavy atom. The lowest BCUT2D eigenvalue weighted by atomic mass is 10.2. The van der Waals surface area contributed by atoms with Crippen LogP contribution in [-0.2, 0) is 0 Å². The highest BCUT2D eigenvalue weighted by atomic mass is 16.6.